The molecular weight excluding hydrogens is 374 g/mol. The van der Waals surface area contributed by atoms with Crippen molar-refractivity contribution >= 4 is 17.9 Å². The summed E-state index contributed by atoms with van der Waals surface area (Å²) in [7, 11) is 0. The van der Waals surface area contributed by atoms with E-state index >= 15 is 0 Å². The largest absolute Gasteiger partial charge is 0.478 e. The molecule has 7 nitrogen and oxygen atoms in total. The fraction of sp³-hybridized carbons (Fsp3) is 0.227. The standard InChI is InChI=1S/C22H19NO6/c1-5-11-28-21(26)17-13(3)23-14(4)18(22(27)29-12-6-2)19(17)15-7-9-16(10-8-15)20(24)25/h1-2,7-10,19,23H,11-12H2,3-4H3,(H,24,25). The minimum absolute atomic E-state index is 0.0667. The molecule has 1 heterocycles. The van der Waals surface area contributed by atoms with E-state index in [1.807, 2.05) is 0 Å². The molecule has 0 aliphatic carbocycles. The van der Waals surface area contributed by atoms with Gasteiger partial charge < -0.3 is 19.9 Å². The lowest BCUT2D eigenvalue weighted by Crippen LogP contribution is -2.32. The number of carbonyl (C=O) groups is 3. The zero-order chi connectivity index (χ0) is 21.6. The number of carboxylic acid groups (broad SMARTS) is 1. The summed E-state index contributed by atoms with van der Waals surface area (Å²) in [5, 5.41) is 12.1. The van der Waals surface area contributed by atoms with Gasteiger partial charge in [-0.2, -0.15) is 0 Å². The van der Waals surface area contributed by atoms with Gasteiger partial charge in [0.05, 0.1) is 22.6 Å². The zero-order valence-electron chi connectivity index (χ0n) is 15.9. The quantitative estimate of drug-likeness (QED) is 0.563. The van der Waals surface area contributed by atoms with Crippen LogP contribution in [-0.2, 0) is 19.1 Å². The van der Waals surface area contributed by atoms with Crippen LogP contribution >= 0.6 is 0 Å². The third-order valence-corrected chi connectivity index (χ3v) is 4.26. The molecule has 1 aliphatic heterocycles. The number of esters is 2. The molecule has 0 atom stereocenters. The summed E-state index contributed by atoms with van der Waals surface area (Å²) in [5.74, 6) is 1.10. The number of hydrogen-bond donors (Lipinski definition) is 2. The molecule has 0 bridgehead atoms. The number of hydrogen-bond acceptors (Lipinski definition) is 6. The first-order chi connectivity index (χ1) is 13.8. The van der Waals surface area contributed by atoms with E-state index in [4.69, 9.17) is 27.4 Å². The SMILES string of the molecule is C#CCOC(=O)C1=C(C)NC(C)=C(C(=O)OCC#C)C1c1ccc(C(=O)O)cc1. The molecular formula is C22H19NO6. The van der Waals surface area contributed by atoms with Crippen molar-refractivity contribution in [2.75, 3.05) is 13.2 Å². The molecule has 2 N–H and O–H groups in total. The Morgan fingerprint density at radius 2 is 1.41 bits per heavy atom. The highest BCUT2D eigenvalue weighted by atomic mass is 16.5. The molecule has 2 rings (SSSR count). The number of rotatable bonds is 6. The van der Waals surface area contributed by atoms with Crippen molar-refractivity contribution in [1.82, 2.24) is 5.32 Å². The van der Waals surface area contributed by atoms with Crippen molar-refractivity contribution in [3.05, 3.63) is 57.9 Å². The number of terminal acetylenes is 2. The predicted molar refractivity (Wildman–Crippen MR) is 104 cm³/mol. The van der Waals surface area contributed by atoms with Gasteiger partial charge in [-0.3, -0.25) is 0 Å². The Labute approximate surface area is 168 Å². The first-order valence-corrected chi connectivity index (χ1v) is 8.54. The summed E-state index contributed by atoms with van der Waals surface area (Å²) in [6.45, 7) is 2.86. The monoisotopic (exact) mass is 393 g/mol. The van der Waals surface area contributed by atoms with Crippen LogP contribution in [0.2, 0.25) is 0 Å². The number of carbonyl (C=O) groups excluding carboxylic acids is 2. The molecule has 29 heavy (non-hydrogen) atoms. The Morgan fingerprint density at radius 3 is 1.79 bits per heavy atom. The first kappa shape index (κ1) is 21.3. The van der Waals surface area contributed by atoms with Crippen LogP contribution in [0.3, 0.4) is 0 Å². The number of nitrogens with one attached hydrogen (secondary N) is 1. The highest BCUT2D eigenvalue weighted by molar-refractivity contribution is 6.00. The van der Waals surface area contributed by atoms with Gasteiger partial charge in [-0.05, 0) is 31.5 Å². The molecule has 148 valence electrons. The second-order valence-corrected chi connectivity index (χ2v) is 6.12. The molecule has 0 amide bonds. The van der Waals surface area contributed by atoms with Crippen LogP contribution in [0.1, 0.15) is 35.7 Å². The maximum absolute atomic E-state index is 12.7. The minimum Gasteiger partial charge on any atom is -0.478 e. The van der Waals surface area contributed by atoms with Gasteiger partial charge in [0.2, 0.25) is 0 Å². The molecule has 1 aromatic rings. The summed E-state index contributed by atoms with van der Waals surface area (Å²) < 4.78 is 10.2. The lowest BCUT2D eigenvalue weighted by atomic mass is 9.80. The van der Waals surface area contributed by atoms with E-state index in [9.17, 15) is 14.4 Å². The van der Waals surface area contributed by atoms with Gasteiger partial charge in [-0.1, -0.05) is 24.0 Å². The molecule has 1 aromatic carbocycles. The number of carboxylic acids is 1. The van der Waals surface area contributed by atoms with Crippen LogP contribution in [0.4, 0.5) is 0 Å². The topological polar surface area (TPSA) is 102 Å². The van der Waals surface area contributed by atoms with Crippen molar-refractivity contribution in [2.45, 2.75) is 19.8 Å². The van der Waals surface area contributed by atoms with Crippen LogP contribution < -0.4 is 5.32 Å². The number of dihydropyridines is 1. The second-order valence-electron chi connectivity index (χ2n) is 6.12. The first-order valence-electron chi connectivity index (χ1n) is 8.54. The second kappa shape index (κ2) is 9.29. The van der Waals surface area contributed by atoms with Crippen LogP contribution in [0.25, 0.3) is 0 Å². The van der Waals surface area contributed by atoms with Gasteiger partial charge in [0.1, 0.15) is 0 Å². The molecule has 0 saturated heterocycles. The molecule has 0 radical (unpaired) electrons. The Kier molecular flexibility index (Phi) is 6.84. The van der Waals surface area contributed by atoms with Crippen molar-refractivity contribution in [3.8, 4) is 24.7 Å². The average molecular weight is 393 g/mol. The Hall–Kier alpha value is -3.97. The summed E-state index contributed by atoms with van der Waals surface area (Å²) in [5.41, 5.74) is 1.87. The Balaban J connectivity index is 2.60. The fourth-order valence-corrected chi connectivity index (χ4v) is 3.06. The van der Waals surface area contributed by atoms with Crippen LogP contribution in [0, 0.1) is 24.7 Å². The van der Waals surface area contributed by atoms with Gasteiger partial charge in [-0.25, -0.2) is 14.4 Å². The molecule has 0 unspecified atom stereocenters. The zero-order valence-corrected chi connectivity index (χ0v) is 15.9. The highest BCUT2D eigenvalue weighted by Crippen LogP contribution is 2.39. The van der Waals surface area contributed by atoms with E-state index in [1.54, 1.807) is 13.8 Å². The van der Waals surface area contributed by atoms with Crippen LogP contribution in [0.15, 0.2) is 46.8 Å². The van der Waals surface area contributed by atoms with Crippen molar-refractivity contribution in [2.24, 2.45) is 0 Å². The van der Waals surface area contributed by atoms with E-state index in [0.29, 0.717) is 17.0 Å². The molecule has 1 aliphatic rings. The van der Waals surface area contributed by atoms with E-state index in [0.717, 1.165) is 0 Å². The lowest BCUT2D eigenvalue weighted by Gasteiger charge is -2.30. The summed E-state index contributed by atoms with van der Waals surface area (Å²) >= 11 is 0. The maximum Gasteiger partial charge on any atom is 0.337 e. The van der Waals surface area contributed by atoms with Gasteiger partial charge in [-0.15, -0.1) is 12.8 Å². The third kappa shape index (κ3) is 4.66. The maximum atomic E-state index is 12.7. The predicted octanol–water partition coefficient (Wildman–Crippen LogP) is 1.97. The minimum atomic E-state index is -1.09. The van der Waals surface area contributed by atoms with Crippen molar-refractivity contribution < 1.29 is 29.0 Å². The number of ether oxygens (including phenoxy) is 2. The molecule has 0 spiro atoms. The van der Waals surface area contributed by atoms with Crippen LogP contribution in [0.5, 0.6) is 0 Å². The number of aromatic carboxylic acids is 1. The normalized spacial score (nSPS) is 13.8. The fourth-order valence-electron chi connectivity index (χ4n) is 3.06. The summed E-state index contributed by atoms with van der Waals surface area (Å²) in [4.78, 5) is 36.6. The molecule has 0 fully saturated rings. The third-order valence-electron chi connectivity index (χ3n) is 4.26. The van der Waals surface area contributed by atoms with Gasteiger partial charge in [0, 0.05) is 11.4 Å². The smallest absolute Gasteiger partial charge is 0.337 e. The van der Waals surface area contributed by atoms with E-state index in [2.05, 4.69) is 17.2 Å². The highest BCUT2D eigenvalue weighted by Gasteiger charge is 2.38. The van der Waals surface area contributed by atoms with Crippen molar-refractivity contribution in [3.63, 3.8) is 0 Å². The van der Waals surface area contributed by atoms with E-state index in [-0.39, 0.29) is 29.9 Å². The van der Waals surface area contributed by atoms with Crippen LogP contribution in [-0.4, -0.2) is 36.2 Å². The number of benzene rings is 1. The van der Waals surface area contributed by atoms with Gasteiger partial charge in [0.15, 0.2) is 13.2 Å². The average Bonchev–Trinajstić information content (AvgIpc) is 2.69. The van der Waals surface area contributed by atoms with Crippen molar-refractivity contribution in [1.29, 1.82) is 0 Å². The Bertz CT molecular complexity index is 934. The van der Waals surface area contributed by atoms with E-state index in [1.165, 1.54) is 24.3 Å². The lowest BCUT2D eigenvalue weighted by molar-refractivity contribution is -0.138. The molecule has 0 aromatic heterocycles. The Morgan fingerprint density at radius 1 is 0.966 bits per heavy atom. The molecule has 7 heteroatoms. The number of allylic oxidation sites excluding steroid dienone is 2. The molecule has 0 saturated carbocycles. The van der Waals surface area contributed by atoms with Gasteiger partial charge in [0.25, 0.3) is 0 Å². The summed E-state index contributed by atoms with van der Waals surface area (Å²) in [6, 6.07) is 5.84. The van der Waals surface area contributed by atoms with E-state index < -0.39 is 23.8 Å². The summed E-state index contributed by atoms with van der Waals surface area (Å²) in [6.07, 6.45) is 10.3. The van der Waals surface area contributed by atoms with Gasteiger partial charge >= 0.3 is 17.9 Å².